The minimum absolute atomic E-state index is 0.0746. The first-order valence-corrected chi connectivity index (χ1v) is 8.82. The van der Waals surface area contributed by atoms with Crippen LogP contribution < -0.4 is 15.0 Å². The van der Waals surface area contributed by atoms with Crippen molar-refractivity contribution in [2.45, 2.75) is 44.6 Å². The first-order chi connectivity index (χ1) is 12.3. The first-order valence-electron chi connectivity index (χ1n) is 8.82. The number of anilines is 1. The number of carbonyl (C=O) groups excluding carboxylic acids is 2. The minimum Gasteiger partial charge on any atom is -0.495 e. The van der Waals surface area contributed by atoms with Crippen molar-refractivity contribution in [2.24, 2.45) is 5.92 Å². The molecule has 1 saturated carbocycles. The van der Waals surface area contributed by atoms with E-state index in [0.717, 1.165) is 12.0 Å². The van der Waals surface area contributed by atoms with E-state index in [2.05, 4.69) is 5.32 Å². The SMILES string of the molecule is COc1ccc(C)cc1N1CC(C(=O)NC2(CC(=O)O)CCC2)CC1=O. The van der Waals surface area contributed by atoms with Crippen LogP contribution in [0.15, 0.2) is 18.2 Å². The van der Waals surface area contributed by atoms with Crippen molar-refractivity contribution in [3.8, 4) is 5.75 Å². The Labute approximate surface area is 152 Å². The number of hydrogen-bond acceptors (Lipinski definition) is 4. The van der Waals surface area contributed by atoms with Crippen LogP contribution in [-0.2, 0) is 14.4 Å². The van der Waals surface area contributed by atoms with Crippen molar-refractivity contribution in [1.29, 1.82) is 0 Å². The number of amides is 2. The maximum atomic E-state index is 12.7. The monoisotopic (exact) mass is 360 g/mol. The van der Waals surface area contributed by atoms with Crippen molar-refractivity contribution in [3.05, 3.63) is 23.8 Å². The summed E-state index contributed by atoms with van der Waals surface area (Å²) in [5, 5.41) is 12.0. The normalized spacial score (nSPS) is 21.2. The maximum absolute atomic E-state index is 12.7. The molecule has 2 amide bonds. The fourth-order valence-electron chi connectivity index (χ4n) is 3.73. The Morgan fingerprint density at radius 2 is 2.12 bits per heavy atom. The van der Waals surface area contributed by atoms with Gasteiger partial charge < -0.3 is 20.1 Å². The molecule has 2 N–H and O–H groups in total. The van der Waals surface area contributed by atoms with Crippen LogP contribution in [0.25, 0.3) is 0 Å². The van der Waals surface area contributed by atoms with Gasteiger partial charge in [-0.2, -0.15) is 0 Å². The standard InChI is InChI=1S/C19H24N2O5/c1-12-4-5-15(26-2)14(8-12)21-11-13(9-16(21)22)18(25)20-19(6-3-7-19)10-17(23)24/h4-5,8,13H,3,6-7,9-11H2,1-2H3,(H,20,25)(H,23,24). The van der Waals surface area contributed by atoms with E-state index in [4.69, 9.17) is 9.84 Å². The van der Waals surface area contributed by atoms with E-state index in [1.54, 1.807) is 12.0 Å². The zero-order valence-corrected chi connectivity index (χ0v) is 15.1. The second-order valence-corrected chi connectivity index (χ2v) is 7.27. The van der Waals surface area contributed by atoms with Crippen molar-refractivity contribution >= 4 is 23.5 Å². The van der Waals surface area contributed by atoms with Crippen LogP contribution in [0.4, 0.5) is 5.69 Å². The molecule has 0 radical (unpaired) electrons. The summed E-state index contributed by atoms with van der Waals surface area (Å²) in [6, 6.07) is 5.58. The van der Waals surface area contributed by atoms with Gasteiger partial charge >= 0.3 is 5.97 Å². The summed E-state index contributed by atoms with van der Waals surface area (Å²) in [5.74, 6) is -1.19. The fraction of sp³-hybridized carbons (Fsp3) is 0.526. The third kappa shape index (κ3) is 3.52. The van der Waals surface area contributed by atoms with Gasteiger partial charge in [0.15, 0.2) is 0 Å². The predicted octanol–water partition coefficient (Wildman–Crippen LogP) is 1.87. The van der Waals surface area contributed by atoms with Crippen molar-refractivity contribution in [2.75, 3.05) is 18.6 Å². The lowest BCUT2D eigenvalue weighted by Crippen LogP contribution is -2.56. The number of ether oxygens (including phenoxy) is 1. The summed E-state index contributed by atoms with van der Waals surface area (Å²) < 4.78 is 5.35. The molecule has 0 bridgehead atoms. The van der Waals surface area contributed by atoms with E-state index >= 15 is 0 Å². The number of carboxylic acids is 1. The van der Waals surface area contributed by atoms with E-state index in [0.29, 0.717) is 24.3 Å². The van der Waals surface area contributed by atoms with E-state index < -0.39 is 17.4 Å². The van der Waals surface area contributed by atoms with Gasteiger partial charge in [-0.05, 0) is 43.9 Å². The lowest BCUT2D eigenvalue weighted by Gasteiger charge is -2.42. The minimum atomic E-state index is -0.918. The lowest BCUT2D eigenvalue weighted by atomic mass is 9.74. The number of rotatable bonds is 6. The van der Waals surface area contributed by atoms with Gasteiger partial charge in [-0.1, -0.05) is 6.07 Å². The van der Waals surface area contributed by atoms with Gasteiger partial charge in [0.25, 0.3) is 0 Å². The first kappa shape index (κ1) is 18.2. The Morgan fingerprint density at radius 1 is 1.38 bits per heavy atom. The smallest absolute Gasteiger partial charge is 0.305 e. The van der Waals surface area contributed by atoms with Gasteiger partial charge in [0.05, 0.1) is 30.7 Å². The zero-order chi connectivity index (χ0) is 18.9. The summed E-state index contributed by atoms with van der Waals surface area (Å²) in [6.07, 6.45) is 2.28. The molecule has 1 unspecified atom stereocenters. The molecule has 1 heterocycles. The Kier molecular flexibility index (Phi) is 4.89. The average molecular weight is 360 g/mol. The summed E-state index contributed by atoms with van der Waals surface area (Å²) in [4.78, 5) is 37.8. The number of methoxy groups -OCH3 is 1. The van der Waals surface area contributed by atoms with Crippen LogP contribution in [0.2, 0.25) is 0 Å². The highest BCUT2D eigenvalue weighted by atomic mass is 16.5. The molecular formula is C19H24N2O5. The van der Waals surface area contributed by atoms with Crippen molar-refractivity contribution < 1.29 is 24.2 Å². The van der Waals surface area contributed by atoms with Gasteiger partial charge in [-0.3, -0.25) is 14.4 Å². The van der Waals surface area contributed by atoms with E-state index in [1.807, 2.05) is 25.1 Å². The fourth-order valence-corrected chi connectivity index (χ4v) is 3.73. The number of hydrogen-bond donors (Lipinski definition) is 2. The summed E-state index contributed by atoms with van der Waals surface area (Å²) in [5.41, 5.74) is 1.01. The molecule has 7 nitrogen and oxygen atoms in total. The Morgan fingerprint density at radius 3 is 2.69 bits per heavy atom. The molecule has 7 heteroatoms. The Hall–Kier alpha value is -2.57. The van der Waals surface area contributed by atoms with Crippen LogP contribution >= 0.6 is 0 Å². The molecule has 1 aliphatic heterocycles. The molecule has 1 aromatic rings. The topological polar surface area (TPSA) is 95.9 Å². The molecule has 1 atom stereocenters. The maximum Gasteiger partial charge on any atom is 0.305 e. The quantitative estimate of drug-likeness (QED) is 0.807. The summed E-state index contributed by atoms with van der Waals surface area (Å²) in [7, 11) is 1.55. The second-order valence-electron chi connectivity index (χ2n) is 7.27. The number of aryl methyl sites for hydroxylation is 1. The number of nitrogens with zero attached hydrogens (tertiary/aromatic N) is 1. The highest BCUT2D eigenvalue weighted by Gasteiger charge is 2.44. The van der Waals surface area contributed by atoms with Crippen LogP contribution in [0.1, 0.15) is 37.7 Å². The molecule has 0 aromatic heterocycles. The molecule has 140 valence electrons. The molecule has 2 aliphatic rings. The Bertz CT molecular complexity index is 741. The van der Waals surface area contributed by atoms with Gasteiger partial charge in [0.1, 0.15) is 5.75 Å². The van der Waals surface area contributed by atoms with Crippen LogP contribution in [0.5, 0.6) is 5.75 Å². The van der Waals surface area contributed by atoms with Crippen LogP contribution in [0, 0.1) is 12.8 Å². The zero-order valence-electron chi connectivity index (χ0n) is 15.1. The van der Waals surface area contributed by atoms with Gasteiger partial charge in [-0.25, -0.2) is 0 Å². The number of aliphatic carboxylic acids is 1. The third-order valence-corrected chi connectivity index (χ3v) is 5.31. The summed E-state index contributed by atoms with van der Waals surface area (Å²) in [6.45, 7) is 2.20. The summed E-state index contributed by atoms with van der Waals surface area (Å²) >= 11 is 0. The molecular weight excluding hydrogens is 336 g/mol. The molecule has 1 aliphatic carbocycles. The van der Waals surface area contributed by atoms with Gasteiger partial charge in [0.2, 0.25) is 11.8 Å². The average Bonchev–Trinajstić information content (AvgIpc) is 2.94. The number of benzene rings is 1. The molecule has 1 aromatic carbocycles. The van der Waals surface area contributed by atoms with Crippen LogP contribution in [-0.4, -0.2) is 42.1 Å². The van der Waals surface area contributed by atoms with Crippen molar-refractivity contribution in [3.63, 3.8) is 0 Å². The lowest BCUT2D eigenvalue weighted by molar-refractivity contribution is -0.141. The van der Waals surface area contributed by atoms with Gasteiger partial charge in [-0.15, -0.1) is 0 Å². The number of carboxylic acid groups (broad SMARTS) is 1. The molecule has 26 heavy (non-hydrogen) atoms. The number of carbonyl (C=O) groups is 3. The van der Waals surface area contributed by atoms with E-state index in [9.17, 15) is 14.4 Å². The Balaban J connectivity index is 1.72. The molecule has 2 fully saturated rings. The molecule has 0 spiro atoms. The number of nitrogens with one attached hydrogen (secondary N) is 1. The van der Waals surface area contributed by atoms with Crippen molar-refractivity contribution in [1.82, 2.24) is 5.32 Å². The largest absolute Gasteiger partial charge is 0.495 e. The predicted molar refractivity (Wildman–Crippen MR) is 95.2 cm³/mol. The van der Waals surface area contributed by atoms with E-state index in [1.165, 1.54) is 0 Å². The van der Waals surface area contributed by atoms with E-state index in [-0.39, 0.29) is 31.2 Å². The third-order valence-electron chi connectivity index (χ3n) is 5.31. The molecule has 1 saturated heterocycles. The van der Waals surface area contributed by atoms with Crippen LogP contribution in [0.3, 0.4) is 0 Å². The second kappa shape index (κ2) is 6.97. The molecule has 3 rings (SSSR count). The van der Waals surface area contributed by atoms with Gasteiger partial charge in [0, 0.05) is 13.0 Å². The highest BCUT2D eigenvalue weighted by molar-refractivity contribution is 6.01. The highest BCUT2D eigenvalue weighted by Crippen LogP contribution is 2.37.